The molecule has 0 aliphatic carbocycles. The normalized spacial score (nSPS) is 10.8. The van der Waals surface area contributed by atoms with Crippen LogP contribution in [-0.2, 0) is 11.2 Å². The molecular formula is C16H16N4O. The van der Waals surface area contributed by atoms with Crippen LogP contribution in [0.25, 0.3) is 5.65 Å². The van der Waals surface area contributed by atoms with Crippen LogP contribution in [0.4, 0.5) is 5.69 Å². The number of benzene rings is 1. The van der Waals surface area contributed by atoms with Crippen molar-refractivity contribution >= 4 is 17.2 Å². The van der Waals surface area contributed by atoms with Gasteiger partial charge in [0.2, 0.25) is 5.91 Å². The molecule has 1 N–H and O–H groups in total. The zero-order valence-electron chi connectivity index (χ0n) is 12.0. The number of hydrogen-bond acceptors (Lipinski definition) is 3. The summed E-state index contributed by atoms with van der Waals surface area (Å²) in [6, 6.07) is 11.6. The summed E-state index contributed by atoms with van der Waals surface area (Å²) in [6.45, 7) is 3.88. The molecule has 0 bridgehead atoms. The van der Waals surface area contributed by atoms with E-state index in [2.05, 4.69) is 15.5 Å². The first kappa shape index (κ1) is 13.3. The van der Waals surface area contributed by atoms with Crippen LogP contribution in [0.5, 0.6) is 0 Å². The molecule has 0 radical (unpaired) electrons. The van der Waals surface area contributed by atoms with Crippen molar-refractivity contribution in [2.45, 2.75) is 20.3 Å². The molecule has 21 heavy (non-hydrogen) atoms. The Bertz CT molecular complexity index is 807. The summed E-state index contributed by atoms with van der Waals surface area (Å²) >= 11 is 0. The molecule has 0 saturated heterocycles. The van der Waals surface area contributed by atoms with Gasteiger partial charge in [-0.05, 0) is 37.1 Å². The van der Waals surface area contributed by atoms with E-state index >= 15 is 0 Å². The maximum Gasteiger partial charge on any atom is 0.228 e. The number of hydrogen-bond donors (Lipinski definition) is 1. The smallest absolute Gasteiger partial charge is 0.228 e. The molecule has 2 heterocycles. The van der Waals surface area contributed by atoms with Gasteiger partial charge in [0, 0.05) is 6.20 Å². The van der Waals surface area contributed by atoms with Crippen molar-refractivity contribution in [3.05, 3.63) is 59.5 Å². The van der Waals surface area contributed by atoms with Gasteiger partial charge >= 0.3 is 0 Å². The minimum absolute atomic E-state index is 0.0574. The highest BCUT2D eigenvalue weighted by atomic mass is 16.1. The summed E-state index contributed by atoms with van der Waals surface area (Å²) in [5.41, 5.74) is 3.48. The van der Waals surface area contributed by atoms with Crippen molar-refractivity contribution in [3.63, 3.8) is 0 Å². The van der Waals surface area contributed by atoms with Gasteiger partial charge in [-0.15, -0.1) is 10.2 Å². The Kier molecular flexibility index (Phi) is 3.39. The lowest BCUT2D eigenvalue weighted by atomic mass is 10.1. The van der Waals surface area contributed by atoms with Gasteiger partial charge in [-0.3, -0.25) is 9.20 Å². The highest BCUT2D eigenvalue weighted by Gasteiger charge is 2.10. The second-order valence-electron chi connectivity index (χ2n) is 5.01. The van der Waals surface area contributed by atoms with E-state index in [1.165, 1.54) is 0 Å². The summed E-state index contributed by atoms with van der Waals surface area (Å²) in [5, 5.41) is 11.0. The monoisotopic (exact) mass is 280 g/mol. The minimum Gasteiger partial charge on any atom is -0.323 e. The van der Waals surface area contributed by atoms with Crippen LogP contribution < -0.4 is 5.32 Å². The first-order valence-electron chi connectivity index (χ1n) is 6.80. The van der Waals surface area contributed by atoms with Crippen molar-refractivity contribution in [2.75, 3.05) is 5.32 Å². The number of aryl methyl sites for hydroxylation is 2. The number of carbonyl (C=O) groups excluding carboxylic acids is 1. The maximum absolute atomic E-state index is 12.2. The van der Waals surface area contributed by atoms with Crippen molar-refractivity contribution in [1.29, 1.82) is 0 Å². The number of nitrogens with one attached hydrogen (secondary N) is 1. The first-order chi connectivity index (χ1) is 10.1. The second-order valence-corrected chi connectivity index (χ2v) is 5.01. The predicted molar refractivity (Wildman–Crippen MR) is 81.2 cm³/mol. The Morgan fingerprint density at radius 1 is 1.14 bits per heavy atom. The van der Waals surface area contributed by atoms with Crippen molar-refractivity contribution in [2.24, 2.45) is 0 Å². The van der Waals surface area contributed by atoms with Crippen LogP contribution in [0.2, 0.25) is 0 Å². The van der Waals surface area contributed by atoms with E-state index in [0.717, 1.165) is 17.0 Å². The quantitative estimate of drug-likeness (QED) is 0.802. The van der Waals surface area contributed by atoms with Gasteiger partial charge in [0.05, 0.1) is 12.1 Å². The van der Waals surface area contributed by atoms with Gasteiger partial charge in [0.1, 0.15) is 5.82 Å². The third-order valence-electron chi connectivity index (χ3n) is 3.49. The number of carbonyl (C=O) groups is 1. The van der Waals surface area contributed by atoms with Gasteiger partial charge in [0.25, 0.3) is 0 Å². The topological polar surface area (TPSA) is 59.3 Å². The summed E-state index contributed by atoms with van der Waals surface area (Å²) < 4.78 is 1.85. The lowest BCUT2D eigenvalue weighted by Gasteiger charge is -2.08. The lowest BCUT2D eigenvalue weighted by molar-refractivity contribution is -0.115. The Hall–Kier alpha value is -2.69. The maximum atomic E-state index is 12.2. The molecule has 1 amide bonds. The van der Waals surface area contributed by atoms with Gasteiger partial charge in [0.15, 0.2) is 5.65 Å². The standard InChI is InChI=1S/C16H16N4O/c1-11-6-3-4-7-13(11)10-15(21)17-14-8-5-9-20-12(2)18-19-16(14)20/h3-9H,10H2,1-2H3,(H,17,21). The van der Waals surface area contributed by atoms with Crippen LogP contribution in [0, 0.1) is 13.8 Å². The third-order valence-corrected chi connectivity index (χ3v) is 3.49. The van der Waals surface area contributed by atoms with Crippen LogP contribution in [0.1, 0.15) is 17.0 Å². The molecule has 0 saturated carbocycles. The van der Waals surface area contributed by atoms with E-state index in [4.69, 9.17) is 0 Å². The highest BCUT2D eigenvalue weighted by molar-refractivity contribution is 5.95. The first-order valence-corrected chi connectivity index (χ1v) is 6.80. The summed E-state index contributed by atoms with van der Waals surface area (Å²) in [7, 11) is 0. The molecule has 3 aromatic rings. The van der Waals surface area contributed by atoms with Gasteiger partial charge in [-0.2, -0.15) is 0 Å². The molecule has 0 fully saturated rings. The van der Waals surface area contributed by atoms with E-state index < -0.39 is 0 Å². The fraction of sp³-hybridized carbons (Fsp3) is 0.188. The van der Waals surface area contributed by atoms with Gasteiger partial charge < -0.3 is 5.32 Å². The fourth-order valence-electron chi connectivity index (χ4n) is 2.30. The number of pyridine rings is 1. The number of anilines is 1. The van der Waals surface area contributed by atoms with E-state index in [0.29, 0.717) is 17.8 Å². The number of fused-ring (bicyclic) bond motifs is 1. The van der Waals surface area contributed by atoms with E-state index in [1.807, 2.05) is 60.8 Å². The van der Waals surface area contributed by atoms with Crippen LogP contribution in [0.3, 0.4) is 0 Å². The molecule has 0 aliphatic heterocycles. The summed E-state index contributed by atoms with van der Waals surface area (Å²) in [6.07, 6.45) is 2.22. The van der Waals surface area contributed by atoms with Crippen LogP contribution in [-0.4, -0.2) is 20.5 Å². The predicted octanol–water partition coefficient (Wildman–Crippen LogP) is 2.53. The molecule has 3 rings (SSSR count). The Morgan fingerprint density at radius 3 is 2.76 bits per heavy atom. The summed E-state index contributed by atoms with van der Waals surface area (Å²) in [4.78, 5) is 12.2. The number of amides is 1. The van der Waals surface area contributed by atoms with Crippen LogP contribution >= 0.6 is 0 Å². The molecule has 0 aliphatic rings. The van der Waals surface area contributed by atoms with E-state index in [-0.39, 0.29) is 5.91 Å². The molecule has 1 aromatic carbocycles. The van der Waals surface area contributed by atoms with Gasteiger partial charge in [-0.1, -0.05) is 24.3 Å². The van der Waals surface area contributed by atoms with Crippen molar-refractivity contribution < 1.29 is 4.79 Å². The molecule has 5 heteroatoms. The molecule has 2 aromatic heterocycles. The average molecular weight is 280 g/mol. The van der Waals surface area contributed by atoms with Crippen molar-refractivity contribution in [3.8, 4) is 0 Å². The lowest BCUT2D eigenvalue weighted by Crippen LogP contribution is -2.15. The number of aromatic nitrogens is 3. The third kappa shape index (κ3) is 2.63. The average Bonchev–Trinajstić information content (AvgIpc) is 2.84. The zero-order chi connectivity index (χ0) is 14.8. The Labute approximate surface area is 122 Å². The molecule has 0 atom stereocenters. The highest BCUT2D eigenvalue weighted by Crippen LogP contribution is 2.16. The summed E-state index contributed by atoms with van der Waals surface area (Å²) in [5.74, 6) is 0.734. The van der Waals surface area contributed by atoms with E-state index in [1.54, 1.807) is 0 Å². The zero-order valence-corrected chi connectivity index (χ0v) is 12.0. The van der Waals surface area contributed by atoms with E-state index in [9.17, 15) is 4.79 Å². The second kappa shape index (κ2) is 5.36. The largest absolute Gasteiger partial charge is 0.323 e. The minimum atomic E-state index is -0.0574. The number of nitrogens with zero attached hydrogens (tertiary/aromatic N) is 3. The van der Waals surface area contributed by atoms with Gasteiger partial charge in [-0.25, -0.2) is 0 Å². The fourth-order valence-corrected chi connectivity index (χ4v) is 2.30. The SMILES string of the molecule is Cc1ccccc1CC(=O)Nc1cccn2c(C)nnc12. The molecule has 0 unspecified atom stereocenters. The molecule has 5 nitrogen and oxygen atoms in total. The molecule has 0 spiro atoms. The van der Waals surface area contributed by atoms with Crippen molar-refractivity contribution in [1.82, 2.24) is 14.6 Å². The Balaban J connectivity index is 1.82. The van der Waals surface area contributed by atoms with Crippen LogP contribution in [0.15, 0.2) is 42.6 Å². The molecular weight excluding hydrogens is 264 g/mol. The molecule has 106 valence electrons. The Morgan fingerprint density at radius 2 is 1.95 bits per heavy atom. The number of rotatable bonds is 3.